The van der Waals surface area contributed by atoms with Crippen molar-refractivity contribution in [1.29, 1.82) is 0 Å². The van der Waals surface area contributed by atoms with E-state index in [2.05, 4.69) is 48.4 Å². The standard InChI is InChI=1S/C14H18N2/c1-10-4-5-11(2)15-9-14-13(8-10)7-6-12(3)16-14/h4-7,15H,8-9H2,1-3H3/b10-4+,11-5-. The van der Waals surface area contributed by atoms with E-state index in [4.69, 9.17) is 0 Å². The van der Waals surface area contributed by atoms with Crippen molar-refractivity contribution in [3.05, 3.63) is 52.5 Å². The fraction of sp³-hybridized carbons (Fsp3) is 0.357. The molecule has 84 valence electrons. The summed E-state index contributed by atoms with van der Waals surface area (Å²) in [4.78, 5) is 4.61. The summed E-state index contributed by atoms with van der Waals surface area (Å²) in [6.45, 7) is 7.11. The molecule has 16 heavy (non-hydrogen) atoms. The lowest BCUT2D eigenvalue weighted by Crippen LogP contribution is -2.13. The number of aromatic nitrogens is 1. The Kier molecular flexibility index (Phi) is 3.09. The zero-order valence-electron chi connectivity index (χ0n) is 10.2. The molecule has 1 aromatic heterocycles. The van der Waals surface area contributed by atoms with Gasteiger partial charge in [-0.25, -0.2) is 0 Å². The monoisotopic (exact) mass is 214 g/mol. The zero-order chi connectivity index (χ0) is 11.5. The van der Waals surface area contributed by atoms with Gasteiger partial charge in [0.25, 0.3) is 0 Å². The van der Waals surface area contributed by atoms with E-state index in [1.807, 2.05) is 6.92 Å². The topological polar surface area (TPSA) is 24.9 Å². The van der Waals surface area contributed by atoms with Gasteiger partial charge in [0.05, 0.1) is 12.2 Å². The van der Waals surface area contributed by atoms with Crippen LogP contribution >= 0.6 is 0 Å². The van der Waals surface area contributed by atoms with Crippen molar-refractivity contribution in [2.45, 2.75) is 33.7 Å². The van der Waals surface area contributed by atoms with Crippen molar-refractivity contribution in [1.82, 2.24) is 10.3 Å². The molecule has 2 rings (SSSR count). The first-order valence-electron chi connectivity index (χ1n) is 5.68. The molecule has 2 heteroatoms. The van der Waals surface area contributed by atoms with Crippen LogP contribution in [-0.2, 0) is 13.0 Å². The van der Waals surface area contributed by atoms with E-state index in [1.54, 1.807) is 0 Å². The average Bonchev–Trinajstić information content (AvgIpc) is 2.31. The van der Waals surface area contributed by atoms with Gasteiger partial charge < -0.3 is 5.32 Å². The maximum absolute atomic E-state index is 4.61. The SMILES string of the molecule is C/C1=C/C=C(\C)Cc2ccc(C)nc2CN1. The highest BCUT2D eigenvalue weighted by Gasteiger charge is 2.06. The van der Waals surface area contributed by atoms with Crippen LogP contribution in [0.2, 0.25) is 0 Å². The molecule has 0 fully saturated rings. The summed E-state index contributed by atoms with van der Waals surface area (Å²) in [7, 11) is 0. The van der Waals surface area contributed by atoms with Crippen LogP contribution in [0, 0.1) is 6.92 Å². The Morgan fingerprint density at radius 1 is 1.12 bits per heavy atom. The van der Waals surface area contributed by atoms with Crippen LogP contribution in [-0.4, -0.2) is 4.98 Å². The fourth-order valence-electron chi connectivity index (χ4n) is 1.86. The van der Waals surface area contributed by atoms with Crippen LogP contribution in [0.4, 0.5) is 0 Å². The number of hydrogen-bond acceptors (Lipinski definition) is 2. The first kappa shape index (κ1) is 10.9. The molecule has 0 bridgehead atoms. The Bertz CT molecular complexity index is 456. The van der Waals surface area contributed by atoms with E-state index in [9.17, 15) is 0 Å². The van der Waals surface area contributed by atoms with Crippen molar-refractivity contribution in [3.63, 3.8) is 0 Å². The number of nitrogens with zero attached hydrogens (tertiary/aromatic N) is 1. The van der Waals surface area contributed by atoms with Crippen LogP contribution in [0.25, 0.3) is 0 Å². The van der Waals surface area contributed by atoms with Crippen LogP contribution in [0.1, 0.15) is 30.8 Å². The maximum Gasteiger partial charge on any atom is 0.0632 e. The van der Waals surface area contributed by atoms with E-state index in [-0.39, 0.29) is 0 Å². The Morgan fingerprint density at radius 2 is 1.94 bits per heavy atom. The molecule has 0 aliphatic carbocycles. The molecule has 1 N–H and O–H groups in total. The van der Waals surface area contributed by atoms with E-state index >= 15 is 0 Å². The quantitative estimate of drug-likeness (QED) is 0.718. The second-order valence-corrected chi connectivity index (χ2v) is 4.45. The molecule has 0 spiro atoms. The summed E-state index contributed by atoms with van der Waals surface area (Å²) in [5.74, 6) is 0. The average molecular weight is 214 g/mol. The molecule has 0 amide bonds. The maximum atomic E-state index is 4.61. The number of rotatable bonds is 0. The third-order valence-corrected chi connectivity index (χ3v) is 2.83. The summed E-state index contributed by atoms with van der Waals surface area (Å²) in [5.41, 5.74) is 6.14. The second-order valence-electron chi connectivity index (χ2n) is 4.45. The normalized spacial score (nSPS) is 22.4. The number of allylic oxidation sites excluding steroid dienone is 4. The molecule has 0 saturated heterocycles. The first-order chi connectivity index (χ1) is 7.65. The highest BCUT2D eigenvalue weighted by Crippen LogP contribution is 2.15. The Morgan fingerprint density at radius 3 is 2.75 bits per heavy atom. The number of nitrogens with one attached hydrogen (secondary N) is 1. The van der Waals surface area contributed by atoms with Gasteiger partial charge >= 0.3 is 0 Å². The highest BCUT2D eigenvalue weighted by molar-refractivity contribution is 5.30. The Balaban J connectivity index is 2.40. The van der Waals surface area contributed by atoms with Crippen molar-refractivity contribution >= 4 is 0 Å². The summed E-state index contributed by atoms with van der Waals surface area (Å²) >= 11 is 0. The Hall–Kier alpha value is -1.57. The molecule has 2 nitrogen and oxygen atoms in total. The lowest BCUT2D eigenvalue weighted by atomic mass is 10.0. The summed E-state index contributed by atoms with van der Waals surface area (Å²) in [6, 6.07) is 4.28. The lowest BCUT2D eigenvalue weighted by Gasteiger charge is -2.10. The van der Waals surface area contributed by atoms with Gasteiger partial charge in [0.15, 0.2) is 0 Å². The molecule has 0 radical (unpaired) electrons. The van der Waals surface area contributed by atoms with Crippen LogP contribution in [0.3, 0.4) is 0 Å². The smallest absolute Gasteiger partial charge is 0.0632 e. The van der Waals surface area contributed by atoms with Crippen LogP contribution in [0.15, 0.2) is 35.6 Å². The van der Waals surface area contributed by atoms with Crippen molar-refractivity contribution < 1.29 is 0 Å². The molecule has 0 aromatic carbocycles. The van der Waals surface area contributed by atoms with Gasteiger partial charge in [-0.05, 0) is 44.9 Å². The zero-order valence-corrected chi connectivity index (χ0v) is 10.2. The molecular formula is C14H18N2. The predicted octanol–water partition coefficient (Wildman–Crippen LogP) is 2.89. The summed E-state index contributed by atoms with van der Waals surface area (Å²) in [6.07, 6.45) is 5.30. The van der Waals surface area contributed by atoms with Crippen molar-refractivity contribution in [2.24, 2.45) is 0 Å². The molecule has 0 unspecified atom stereocenters. The fourth-order valence-corrected chi connectivity index (χ4v) is 1.86. The minimum Gasteiger partial charge on any atom is -0.383 e. The second kappa shape index (κ2) is 4.52. The van der Waals surface area contributed by atoms with Gasteiger partial charge in [-0.2, -0.15) is 0 Å². The van der Waals surface area contributed by atoms with Gasteiger partial charge in [0, 0.05) is 11.4 Å². The first-order valence-corrected chi connectivity index (χ1v) is 5.68. The molecular weight excluding hydrogens is 196 g/mol. The lowest BCUT2D eigenvalue weighted by molar-refractivity contribution is 0.774. The number of aryl methyl sites for hydroxylation is 1. The highest BCUT2D eigenvalue weighted by atomic mass is 14.9. The van der Waals surface area contributed by atoms with Gasteiger partial charge in [-0.15, -0.1) is 0 Å². The summed E-state index contributed by atoms with van der Waals surface area (Å²) in [5, 5.41) is 3.38. The molecule has 1 aliphatic rings. The minimum absolute atomic E-state index is 0.820. The molecule has 0 atom stereocenters. The molecule has 1 aliphatic heterocycles. The largest absolute Gasteiger partial charge is 0.383 e. The van der Waals surface area contributed by atoms with Gasteiger partial charge in [0.1, 0.15) is 0 Å². The van der Waals surface area contributed by atoms with Crippen LogP contribution in [0.5, 0.6) is 0 Å². The molecule has 0 saturated carbocycles. The number of hydrogen-bond donors (Lipinski definition) is 1. The van der Waals surface area contributed by atoms with E-state index < -0.39 is 0 Å². The number of pyridine rings is 1. The van der Waals surface area contributed by atoms with Crippen molar-refractivity contribution in [2.75, 3.05) is 0 Å². The Labute approximate surface area is 97.1 Å². The number of fused-ring (bicyclic) bond motifs is 1. The third-order valence-electron chi connectivity index (χ3n) is 2.83. The van der Waals surface area contributed by atoms with E-state index in [0.717, 1.165) is 18.7 Å². The van der Waals surface area contributed by atoms with E-state index in [1.165, 1.54) is 22.5 Å². The summed E-state index contributed by atoms with van der Waals surface area (Å²) < 4.78 is 0. The van der Waals surface area contributed by atoms with Crippen LogP contribution < -0.4 is 5.32 Å². The van der Waals surface area contributed by atoms with Gasteiger partial charge in [0.2, 0.25) is 0 Å². The molecule has 2 heterocycles. The minimum atomic E-state index is 0.820. The predicted molar refractivity (Wildman–Crippen MR) is 67.0 cm³/mol. The van der Waals surface area contributed by atoms with E-state index in [0.29, 0.717) is 0 Å². The van der Waals surface area contributed by atoms with Gasteiger partial charge in [-0.1, -0.05) is 17.7 Å². The van der Waals surface area contributed by atoms with Crippen molar-refractivity contribution in [3.8, 4) is 0 Å². The third kappa shape index (κ3) is 2.51. The molecule has 1 aromatic rings. The van der Waals surface area contributed by atoms with Gasteiger partial charge in [-0.3, -0.25) is 4.98 Å².